The van der Waals surface area contributed by atoms with E-state index in [1.54, 1.807) is 31.4 Å². The summed E-state index contributed by atoms with van der Waals surface area (Å²) in [6, 6.07) is 19.9. The fourth-order valence-corrected chi connectivity index (χ4v) is 4.26. The highest BCUT2D eigenvalue weighted by Gasteiger charge is 2.16. The first-order valence-electron chi connectivity index (χ1n) is 11.2. The van der Waals surface area contributed by atoms with Crippen LogP contribution in [0.4, 0.5) is 5.69 Å². The number of amides is 2. The maximum atomic E-state index is 13.0. The summed E-state index contributed by atoms with van der Waals surface area (Å²) in [7, 11) is 3.09. The number of rotatable bonds is 11. The number of ether oxygens (including phenoxy) is 3. The summed E-state index contributed by atoms with van der Waals surface area (Å²) in [6.07, 6.45) is 0. The number of carbonyl (C=O) groups is 2. The molecule has 8 heteroatoms. The molecule has 7 nitrogen and oxygen atoms in total. The molecule has 0 radical (unpaired) electrons. The number of methoxy groups -OCH3 is 2. The van der Waals surface area contributed by atoms with Gasteiger partial charge in [-0.25, -0.2) is 0 Å². The summed E-state index contributed by atoms with van der Waals surface area (Å²) in [5, 5.41) is 5.88. The van der Waals surface area contributed by atoms with Gasteiger partial charge < -0.3 is 24.8 Å². The third kappa shape index (κ3) is 7.16. The second kappa shape index (κ2) is 12.7. The molecule has 0 saturated carbocycles. The molecule has 0 aromatic heterocycles. The average Bonchev–Trinajstić information content (AvgIpc) is 2.88. The van der Waals surface area contributed by atoms with Crippen LogP contribution in [0.5, 0.6) is 17.2 Å². The number of hydrogen-bond acceptors (Lipinski definition) is 6. The van der Waals surface area contributed by atoms with Crippen LogP contribution in [0.15, 0.2) is 71.6 Å². The molecule has 1 unspecified atom stereocenters. The van der Waals surface area contributed by atoms with E-state index >= 15 is 0 Å². The van der Waals surface area contributed by atoms with Crippen molar-refractivity contribution in [3.63, 3.8) is 0 Å². The highest BCUT2D eigenvalue weighted by Crippen LogP contribution is 2.30. The van der Waals surface area contributed by atoms with Crippen molar-refractivity contribution in [3.05, 3.63) is 77.9 Å². The zero-order chi connectivity index (χ0) is 25.2. The predicted octanol–water partition coefficient (Wildman–Crippen LogP) is 5.32. The minimum Gasteiger partial charge on any atom is -0.494 e. The van der Waals surface area contributed by atoms with Gasteiger partial charge in [-0.05, 0) is 55.8 Å². The summed E-state index contributed by atoms with van der Waals surface area (Å²) >= 11 is 1.31. The zero-order valence-corrected chi connectivity index (χ0v) is 21.1. The molecule has 0 fully saturated rings. The van der Waals surface area contributed by atoms with Gasteiger partial charge in [-0.15, -0.1) is 11.8 Å². The second-order valence-electron chi connectivity index (χ2n) is 7.60. The fraction of sp³-hybridized carbons (Fsp3) is 0.259. The van der Waals surface area contributed by atoms with Gasteiger partial charge in [-0.2, -0.15) is 0 Å². The second-order valence-corrected chi connectivity index (χ2v) is 8.62. The quantitative estimate of drug-likeness (QED) is 0.351. The van der Waals surface area contributed by atoms with E-state index in [1.165, 1.54) is 18.9 Å². The molecular weight excluding hydrogens is 464 g/mol. The Morgan fingerprint density at radius 3 is 2.34 bits per heavy atom. The zero-order valence-electron chi connectivity index (χ0n) is 20.3. The SMILES string of the molecule is CCOc1ccc(C(C)NC(=O)c2ccccc2SCC(=O)Nc2ccc(OC)c(OC)c2)cc1. The van der Waals surface area contributed by atoms with Crippen LogP contribution in [0.25, 0.3) is 0 Å². The molecule has 3 rings (SSSR count). The molecule has 184 valence electrons. The van der Waals surface area contributed by atoms with E-state index in [4.69, 9.17) is 14.2 Å². The summed E-state index contributed by atoms with van der Waals surface area (Å²) in [5.41, 5.74) is 2.10. The van der Waals surface area contributed by atoms with Crippen LogP contribution in [0, 0.1) is 0 Å². The first-order valence-corrected chi connectivity index (χ1v) is 12.2. The number of carbonyl (C=O) groups excluding carboxylic acids is 2. The van der Waals surface area contributed by atoms with Crippen LogP contribution in [0.1, 0.15) is 35.8 Å². The number of hydrogen-bond donors (Lipinski definition) is 2. The van der Waals surface area contributed by atoms with Crippen molar-refractivity contribution in [2.45, 2.75) is 24.8 Å². The van der Waals surface area contributed by atoms with Crippen LogP contribution in [0.2, 0.25) is 0 Å². The van der Waals surface area contributed by atoms with E-state index in [2.05, 4.69) is 10.6 Å². The molecule has 0 bridgehead atoms. The van der Waals surface area contributed by atoms with Crippen molar-refractivity contribution in [1.82, 2.24) is 5.32 Å². The van der Waals surface area contributed by atoms with Crippen LogP contribution in [0.3, 0.4) is 0 Å². The van der Waals surface area contributed by atoms with E-state index in [1.807, 2.05) is 56.3 Å². The van der Waals surface area contributed by atoms with E-state index in [0.717, 1.165) is 16.2 Å². The van der Waals surface area contributed by atoms with Gasteiger partial charge in [-0.1, -0.05) is 24.3 Å². The molecule has 0 aliphatic carbocycles. The highest BCUT2D eigenvalue weighted by molar-refractivity contribution is 8.00. The lowest BCUT2D eigenvalue weighted by Crippen LogP contribution is -2.27. The lowest BCUT2D eigenvalue weighted by molar-refractivity contribution is -0.113. The fourth-order valence-electron chi connectivity index (χ4n) is 3.41. The molecule has 0 heterocycles. The first-order chi connectivity index (χ1) is 16.9. The minimum absolute atomic E-state index is 0.146. The summed E-state index contributed by atoms with van der Waals surface area (Å²) in [5.74, 6) is 1.66. The lowest BCUT2D eigenvalue weighted by Gasteiger charge is -2.16. The van der Waals surface area contributed by atoms with Gasteiger partial charge in [0.15, 0.2) is 11.5 Å². The normalized spacial score (nSPS) is 11.3. The summed E-state index contributed by atoms with van der Waals surface area (Å²) in [4.78, 5) is 26.3. The largest absolute Gasteiger partial charge is 0.494 e. The van der Waals surface area contributed by atoms with Crippen molar-refractivity contribution in [1.29, 1.82) is 0 Å². The van der Waals surface area contributed by atoms with Gasteiger partial charge in [0.05, 0.1) is 38.2 Å². The van der Waals surface area contributed by atoms with Crippen molar-refractivity contribution in [3.8, 4) is 17.2 Å². The van der Waals surface area contributed by atoms with Gasteiger partial charge >= 0.3 is 0 Å². The van der Waals surface area contributed by atoms with E-state index in [0.29, 0.717) is 29.4 Å². The molecule has 3 aromatic rings. The molecule has 1 atom stereocenters. The molecule has 0 saturated heterocycles. The van der Waals surface area contributed by atoms with Gasteiger partial charge in [-0.3, -0.25) is 9.59 Å². The topological polar surface area (TPSA) is 85.9 Å². The minimum atomic E-state index is -0.199. The predicted molar refractivity (Wildman–Crippen MR) is 139 cm³/mol. The average molecular weight is 495 g/mol. The lowest BCUT2D eigenvalue weighted by atomic mass is 10.1. The molecular formula is C27H30N2O5S. The summed E-state index contributed by atoms with van der Waals surface area (Å²) in [6.45, 7) is 4.47. The van der Waals surface area contributed by atoms with E-state index in [9.17, 15) is 9.59 Å². The third-order valence-corrected chi connectivity index (χ3v) is 6.27. The van der Waals surface area contributed by atoms with Crippen LogP contribution >= 0.6 is 11.8 Å². The van der Waals surface area contributed by atoms with Crippen LogP contribution in [-0.2, 0) is 4.79 Å². The van der Waals surface area contributed by atoms with Gasteiger partial charge in [0.2, 0.25) is 5.91 Å². The molecule has 3 aromatic carbocycles. The number of nitrogens with one attached hydrogen (secondary N) is 2. The number of benzene rings is 3. The van der Waals surface area contributed by atoms with E-state index in [-0.39, 0.29) is 23.6 Å². The van der Waals surface area contributed by atoms with Gasteiger partial charge in [0.25, 0.3) is 5.91 Å². The highest BCUT2D eigenvalue weighted by atomic mass is 32.2. The Morgan fingerprint density at radius 2 is 1.66 bits per heavy atom. The third-order valence-electron chi connectivity index (χ3n) is 5.20. The Balaban J connectivity index is 1.61. The number of thioether (sulfide) groups is 1. The van der Waals surface area contributed by atoms with Crippen molar-refractivity contribution in [2.24, 2.45) is 0 Å². The van der Waals surface area contributed by atoms with Gasteiger partial charge in [0.1, 0.15) is 5.75 Å². The van der Waals surface area contributed by atoms with Crippen molar-refractivity contribution < 1.29 is 23.8 Å². The monoisotopic (exact) mass is 494 g/mol. The number of anilines is 1. The molecule has 35 heavy (non-hydrogen) atoms. The Bertz CT molecular complexity index is 1150. The maximum Gasteiger partial charge on any atom is 0.252 e. The maximum absolute atomic E-state index is 13.0. The Morgan fingerprint density at radius 1 is 0.943 bits per heavy atom. The van der Waals surface area contributed by atoms with E-state index < -0.39 is 0 Å². The molecule has 0 aliphatic heterocycles. The standard InChI is InChI=1S/C27H30N2O5S/c1-5-34-21-13-10-19(11-14-21)18(2)28-27(31)22-8-6-7-9-25(22)35-17-26(30)29-20-12-15-23(32-3)24(16-20)33-4/h6-16,18H,5,17H2,1-4H3,(H,28,31)(H,29,30). The summed E-state index contributed by atoms with van der Waals surface area (Å²) < 4.78 is 16.0. The Kier molecular flexibility index (Phi) is 9.43. The van der Waals surface area contributed by atoms with Crippen LogP contribution in [-0.4, -0.2) is 38.4 Å². The van der Waals surface area contributed by atoms with Gasteiger partial charge in [0, 0.05) is 16.6 Å². The van der Waals surface area contributed by atoms with Crippen molar-refractivity contribution >= 4 is 29.3 Å². The molecule has 2 amide bonds. The van der Waals surface area contributed by atoms with Crippen molar-refractivity contribution in [2.75, 3.05) is 31.9 Å². The smallest absolute Gasteiger partial charge is 0.252 e. The molecule has 0 aliphatic rings. The first kappa shape index (κ1) is 26.0. The Hall–Kier alpha value is -3.65. The molecule has 0 spiro atoms. The van der Waals surface area contributed by atoms with Crippen LogP contribution < -0.4 is 24.8 Å². The Labute approximate surface area is 210 Å². The molecule has 2 N–H and O–H groups in total.